The van der Waals surface area contributed by atoms with Gasteiger partial charge in [0.25, 0.3) is 0 Å². The van der Waals surface area contributed by atoms with Crippen LogP contribution in [-0.2, 0) is 0 Å². The van der Waals surface area contributed by atoms with Crippen LogP contribution in [0.2, 0.25) is 5.02 Å². The number of halogens is 2. The Kier molecular flexibility index (Phi) is 5.21. The lowest BCUT2D eigenvalue weighted by molar-refractivity contribution is 0.562. The highest BCUT2D eigenvalue weighted by atomic mass is 35.5. The molecule has 2 N–H and O–H groups in total. The van der Waals surface area contributed by atoms with Crippen LogP contribution in [0.5, 0.6) is 0 Å². The lowest BCUT2D eigenvalue weighted by Crippen LogP contribution is -2.34. The summed E-state index contributed by atoms with van der Waals surface area (Å²) < 4.78 is 14.3. The van der Waals surface area contributed by atoms with Gasteiger partial charge in [-0.25, -0.2) is 4.39 Å². The van der Waals surface area contributed by atoms with Crippen molar-refractivity contribution in [1.82, 2.24) is 0 Å². The molecule has 112 valence electrons. The summed E-state index contributed by atoms with van der Waals surface area (Å²) in [5.41, 5.74) is 8.68. The number of anilines is 1. The summed E-state index contributed by atoms with van der Waals surface area (Å²) in [6.45, 7) is 5.13. The van der Waals surface area contributed by atoms with Gasteiger partial charge in [0.1, 0.15) is 5.82 Å². The van der Waals surface area contributed by atoms with E-state index in [4.69, 9.17) is 17.3 Å². The highest BCUT2D eigenvalue weighted by molar-refractivity contribution is 6.30. The van der Waals surface area contributed by atoms with Crippen LogP contribution in [0.4, 0.5) is 10.1 Å². The van der Waals surface area contributed by atoms with E-state index < -0.39 is 0 Å². The van der Waals surface area contributed by atoms with Crippen molar-refractivity contribution in [1.29, 1.82) is 0 Å². The van der Waals surface area contributed by atoms with E-state index in [1.807, 2.05) is 38.1 Å². The first kappa shape index (κ1) is 15.8. The molecule has 1 atom stereocenters. The summed E-state index contributed by atoms with van der Waals surface area (Å²) in [5.74, 6) is -0.387. The topological polar surface area (TPSA) is 29.3 Å². The van der Waals surface area contributed by atoms with Crippen molar-refractivity contribution < 1.29 is 4.39 Å². The normalized spacial score (nSPS) is 12.2. The van der Waals surface area contributed by atoms with Gasteiger partial charge in [0.2, 0.25) is 0 Å². The van der Waals surface area contributed by atoms with Crippen LogP contribution in [-0.4, -0.2) is 13.1 Å². The second kappa shape index (κ2) is 6.92. The molecule has 0 saturated carbocycles. The fourth-order valence-corrected chi connectivity index (χ4v) is 2.83. The molecule has 2 aromatic rings. The predicted octanol–water partition coefficient (Wildman–Crippen LogP) is 4.31. The monoisotopic (exact) mass is 306 g/mol. The molecule has 0 bridgehead atoms. The summed E-state index contributed by atoms with van der Waals surface area (Å²) in [5, 5.41) is 0.131. The fraction of sp³-hybridized carbons (Fsp3) is 0.294. The molecule has 2 rings (SSSR count). The van der Waals surface area contributed by atoms with Gasteiger partial charge in [-0.15, -0.1) is 0 Å². The van der Waals surface area contributed by atoms with Gasteiger partial charge in [0, 0.05) is 24.3 Å². The number of nitrogens with two attached hydrogens (primary N) is 1. The average molecular weight is 307 g/mol. The number of likely N-dealkylation sites (N-methyl/N-ethyl adjacent to an activating group) is 1. The summed E-state index contributed by atoms with van der Waals surface area (Å²) in [6.07, 6.45) is 0. The molecule has 0 aliphatic rings. The van der Waals surface area contributed by atoms with Gasteiger partial charge in [-0.2, -0.15) is 0 Å². The number of para-hydroxylation sites is 1. The van der Waals surface area contributed by atoms with Gasteiger partial charge < -0.3 is 10.6 Å². The Balaban J connectivity index is 2.48. The van der Waals surface area contributed by atoms with Crippen LogP contribution in [0.15, 0.2) is 42.5 Å². The van der Waals surface area contributed by atoms with Gasteiger partial charge in [-0.05, 0) is 31.5 Å². The minimum atomic E-state index is -0.387. The van der Waals surface area contributed by atoms with Crippen molar-refractivity contribution in [2.24, 2.45) is 5.73 Å². The molecule has 21 heavy (non-hydrogen) atoms. The maximum absolute atomic E-state index is 14.3. The fourth-order valence-electron chi connectivity index (χ4n) is 2.64. The first-order valence-electron chi connectivity index (χ1n) is 7.06. The Hall–Kier alpha value is -1.58. The molecule has 0 aromatic heterocycles. The molecule has 0 saturated heterocycles. The third-order valence-electron chi connectivity index (χ3n) is 3.71. The lowest BCUT2D eigenvalue weighted by atomic mass is 10.0. The zero-order chi connectivity index (χ0) is 15.4. The van der Waals surface area contributed by atoms with E-state index in [0.29, 0.717) is 12.1 Å². The number of rotatable bonds is 5. The van der Waals surface area contributed by atoms with E-state index in [1.54, 1.807) is 18.2 Å². The number of hydrogen-bond donors (Lipinski definition) is 1. The summed E-state index contributed by atoms with van der Waals surface area (Å²) >= 11 is 5.91. The molecule has 2 aromatic carbocycles. The predicted molar refractivity (Wildman–Crippen MR) is 87.4 cm³/mol. The zero-order valence-electron chi connectivity index (χ0n) is 12.3. The van der Waals surface area contributed by atoms with Crippen molar-refractivity contribution in [2.45, 2.75) is 19.9 Å². The largest absolute Gasteiger partial charge is 0.363 e. The van der Waals surface area contributed by atoms with E-state index in [-0.39, 0.29) is 16.9 Å². The molecule has 2 nitrogen and oxygen atoms in total. The molecule has 4 heteroatoms. The maximum Gasteiger partial charge on any atom is 0.147 e. The number of aryl methyl sites for hydroxylation is 1. The van der Waals surface area contributed by atoms with E-state index in [2.05, 4.69) is 4.90 Å². The minimum Gasteiger partial charge on any atom is -0.363 e. The Morgan fingerprint density at radius 3 is 2.52 bits per heavy atom. The van der Waals surface area contributed by atoms with Gasteiger partial charge in [-0.3, -0.25) is 0 Å². The first-order chi connectivity index (χ1) is 10.1. The van der Waals surface area contributed by atoms with Crippen molar-refractivity contribution in [3.05, 3.63) is 64.4 Å². The van der Waals surface area contributed by atoms with E-state index in [9.17, 15) is 4.39 Å². The molecule has 0 aliphatic heterocycles. The third-order valence-corrected chi connectivity index (χ3v) is 4.00. The average Bonchev–Trinajstić information content (AvgIpc) is 2.49. The minimum absolute atomic E-state index is 0.131. The SMILES string of the molecule is CCN(c1ccccc1C)C(CN)c1cccc(Cl)c1F. The van der Waals surface area contributed by atoms with Crippen LogP contribution < -0.4 is 10.6 Å². The van der Waals surface area contributed by atoms with Crippen LogP contribution in [0, 0.1) is 12.7 Å². The zero-order valence-corrected chi connectivity index (χ0v) is 13.1. The Morgan fingerprint density at radius 2 is 1.90 bits per heavy atom. The number of hydrogen-bond acceptors (Lipinski definition) is 2. The van der Waals surface area contributed by atoms with Crippen molar-refractivity contribution in [2.75, 3.05) is 18.0 Å². The van der Waals surface area contributed by atoms with Crippen LogP contribution >= 0.6 is 11.6 Å². The smallest absolute Gasteiger partial charge is 0.147 e. The van der Waals surface area contributed by atoms with E-state index in [1.165, 1.54) is 0 Å². The van der Waals surface area contributed by atoms with E-state index in [0.717, 1.165) is 17.8 Å². The van der Waals surface area contributed by atoms with Gasteiger partial charge in [-0.1, -0.05) is 41.9 Å². The van der Waals surface area contributed by atoms with Crippen molar-refractivity contribution >= 4 is 17.3 Å². The Labute approximate surface area is 130 Å². The van der Waals surface area contributed by atoms with Gasteiger partial charge in [0.15, 0.2) is 0 Å². The van der Waals surface area contributed by atoms with E-state index >= 15 is 0 Å². The molecule has 1 unspecified atom stereocenters. The molecular formula is C17H20ClFN2. The second-order valence-corrected chi connectivity index (χ2v) is 5.37. The Morgan fingerprint density at radius 1 is 1.19 bits per heavy atom. The quantitative estimate of drug-likeness (QED) is 0.891. The van der Waals surface area contributed by atoms with Crippen LogP contribution in [0.25, 0.3) is 0 Å². The maximum atomic E-state index is 14.3. The van der Waals surface area contributed by atoms with Crippen molar-refractivity contribution in [3.8, 4) is 0 Å². The molecule has 0 fully saturated rings. The van der Waals surface area contributed by atoms with Crippen LogP contribution in [0.1, 0.15) is 24.1 Å². The molecule has 0 spiro atoms. The second-order valence-electron chi connectivity index (χ2n) is 4.97. The Bertz CT molecular complexity index is 615. The summed E-state index contributed by atoms with van der Waals surface area (Å²) in [4.78, 5) is 2.12. The number of benzene rings is 2. The molecular weight excluding hydrogens is 287 g/mol. The summed E-state index contributed by atoms with van der Waals surface area (Å²) in [6, 6.07) is 12.9. The standard InChI is InChI=1S/C17H20ClFN2/c1-3-21(15-10-5-4-7-12(15)2)16(11-20)13-8-6-9-14(18)17(13)19/h4-10,16H,3,11,20H2,1-2H3. The molecule has 0 radical (unpaired) electrons. The summed E-state index contributed by atoms with van der Waals surface area (Å²) in [7, 11) is 0. The van der Waals surface area contributed by atoms with Crippen molar-refractivity contribution in [3.63, 3.8) is 0 Å². The van der Waals surface area contributed by atoms with Gasteiger partial charge >= 0.3 is 0 Å². The lowest BCUT2D eigenvalue weighted by Gasteiger charge is -2.33. The van der Waals surface area contributed by atoms with Crippen LogP contribution in [0.3, 0.4) is 0 Å². The highest BCUT2D eigenvalue weighted by Crippen LogP contribution is 2.32. The number of nitrogens with zero attached hydrogens (tertiary/aromatic N) is 1. The molecule has 0 amide bonds. The molecule has 0 heterocycles. The highest BCUT2D eigenvalue weighted by Gasteiger charge is 2.23. The molecule has 0 aliphatic carbocycles. The third kappa shape index (κ3) is 3.20. The first-order valence-corrected chi connectivity index (χ1v) is 7.44. The van der Waals surface area contributed by atoms with Gasteiger partial charge in [0.05, 0.1) is 11.1 Å².